The monoisotopic (exact) mass is 985 g/mol. The number of carbonyl (C=O) groups excluding carboxylic acids is 8. The number of benzene rings is 2. The number of nitrogens with zero attached hydrogens (tertiary/aromatic N) is 2. The van der Waals surface area contributed by atoms with E-state index in [1.165, 1.54) is 0 Å². The highest BCUT2D eigenvalue weighted by molar-refractivity contribution is 5.95. The Morgan fingerprint density at radius 2 is 0.958 bits per heavy atom. The second-order valence-corrected chi connectivity index (χ2v) is 21.7. The lowest BCUT2D eigenvalue weighted by atomic mass is 9.85. The largest absolute Gasteiger partial charge is 0.459 e. The molecule has 18 heteroatoms. The summed E-state index contributed by atoms with van der Waals surface area (Å²) in [6.45, 7) is 15.3. The summed E-state index contributed by atoms with van der Waals surface area (Å²) in [6, 6.07) is 9.33. The molecule has 2 aromatic rings. The summed E-state index contributed by atoms with van der Waals surface area (Å²) in [6.07, 6.45) is 1.24. The zero-order valence-electron chi connectivity index (χ0n) is 43.1. The van der Waals surface area contributed by atoms with Gasteiger partial charge in [0.25, 0.3) is 0 Å². The molecule has 10 atom stereocenters. The average Bonchev–Trinajstić information content (AvgIpc) is 4.14. The van der Waals surface area contributed by atoms with Gasteiger partial charge in [0.15, 0.2) is 0 Å². The first-order chi connectivity index (χ1) is 33.5. The number of nitrogens with one attached hydrogen (secondary N) is 6. The van der Waals surface area contributed by atoms with E-state index in [-0.39, 0.29) is 54.7 Å². The van der Waals surface area contributed by atoms with E-state index in [0.29, 0.717) is 51.6 Å². The highest BCUT2D eigenvalue weighted by Gasteiger charge is 2.46. The maximum atomic E-state index is 14.1. The number of fused-ring (bicyclic) bond motifs is 2. The molecule has 6 rings (SSSR count). The summed E-state index contributed by atoms with van der Waals surface area (Å²) >= 11 is 0. The molecule has 2 unspecified atom stereocenters. The van der Waals surface area contributed by atoms with Crippen LogP contribution >= 0.6 is 0 Å². The second kappa shape index (κ2) is 23.1. The van der Waals surface area contributed by atoms with Crippen molar-refractivity contribution in [3.63, 3.8) is 0 Å². The topological polar surface area (TPSA) is 234 Å². The molecule has 6 N–H and O–H groups in total. The molecule has 0 radical (unpaired) electrons. The SMILES string of the molecule is CN[C@@H](C)C(=O)N[C@H](C(=O)N1CCCC1C(=O)N[C@H]1c2ccccc2C[C@@H]1OC(=O)CCCC(=O)O[C@H]1Cc2ccccc2[C@@H]1NC(=O)C1CCCN1C(=O)[C@@H](NC(=O)[C@H](C)NC)C(C)(C)C)C(C)(C)C. The van der Waals surface area contributed by atoms with E-state index < -0.39 is 83.3 Å². The Balaban J connectivity index is 1.05. The summed E-state index contributed by atoms with van der Waals surface area (Å²) in [5, 5.41) is 17.8. The Hall–Kier alpha value is -5.88. The van der Waals surface area contributed by atoms with E-state index >= 15 is 0 Å². The number of likely N-dealkylation sites (tertiary alicyclic amines) is 2. The van der Waals surface area contributed by atoms with E-state index in [4.69, 9.17) is 9.47 Å². The third-order valence-electron chi connectivity index (χ3n) is 14.4. The smallest absolute Gasteiger partial charge is 0.306 e. The fourth-order valence-corrected chi connectivity index (χ4v) is 10.0. The minimum atomic E-state index is -0.872. The number of amides is 6. The third-order valence-corrected chi connectivity index (χ3v) is 14.4. The van der Waals surface area contributed by atoms with E-state index in [1.807, 2.05) is 90.1 Å². The normalized spacial score (nSPS) is 23.4. The summed E-state index contributed by atoms with van der Waals surface area (Å²) in [4.78, 5) is 112. The Morgan fingerprint density at radius 3 is 1.31 bits per heavy atom. The Labute approximate surface area is 418 Å². The maximum absolute atomic E-state index is 14.1. The van der Waals surface area contributed by atoms with Gasteiger partial charge in [0.2, 0.25) is 35.4 Å². The van der Waals surface area contributed by atoms with Gasteiger partial charge in [0, 0.05) is 38.8 Å². The molecule has 4 aliphatic rings. The van der Waals surface area contributed by atoms with E-state index in [2.05, 4.69) is 31.9 Å². The minimum Gasteiger partial charge on any atom is -0.459 e. The van der Waals surface area contributed by atoms with Crippen molar-refractivity contribution < 1.29 is 47.8 Å². The Bertz CT molecular complexity index is 2150. The zero-order chi connectivity index (χ0) is 51.9. The van der Waals surface area contributed by atoms with Crippen LogP contribution in [0.1, 0.15) is 135 Å². The Morgan fingerprint density at radius 1 is 0.592 bits per heavy atom. The van der Waals surface area contributed by atoms with Crippen LogP contribution in [-0.4, -0.2) is 133 Å². The van der Waals surface area contributed by atoms with Crippen molar-refractivity contribution in [2.45, 2.75) is 174 Å². The second-order valence-electron chi connectivity index (χ2n) is 21.7. The molecule has 0 aromatic heterocycles. The molecule has 2 aliphatic carbocycles. The van der Waals surface area contributed by atoms with Gasteiger partial charge < -0.3 is 51.2 Å². The summed E-state index contributed by atoms with van der Waals surface area (Å²) in [5.41, 5.74) is 2.17. The third kappa shape index (κ3) is 13.0. The fraction of sp³-hybridized carbons (Fsp3) is 0.623. The Kier molecular flexibility index (Phi) is 17.7. The van der Waals surface area contributed by atoms with E-state index in [1.54, 1.807) is 37.7 Å². The number of rotatable bonds is 18. The predicted octanol–water partition coefficient (Wildman–Crippen LogP) is 3.07. The molecule has 2 saturated heterocycles. The molecule has 0 saturated carbocycles. The number of ether oxygens (including phenoxy) is 2. The molecule has 71 heavy (non-hydrogen) atoms. The van der Waals surface area contributed by atoms with Gasteiger partial charge in [-0.25, -0.2) is 0 Å². The highest BCUT2D eigenvalue weighted by Crippen LogP contribution is 2.37. The number of hydrogen-bond acceptors (Lipinski definition) is 12. The molecule has 2 aromatic carbocycles. The van der Waals surface area contributed by atoms with Crippen molar-refractivity contribution in [2.24, 2.45) is 10.8 Å². The predicted molar refractivity (Wildman–Crippen MR) is 265 cm³/mol. The molecule has 2 heterocycles. The van der Waals surface area contributed by atoms with Gasteiger partial charge in [-0.1, -0.05) is 90.1 Å². The van der Waals surface area contributed by atoms with Crippen LogP contribution in [0.15, 0.2) is 48.5 Å². The standard InChI is InChI=1S/C53H76N8O10/c1-30(54-9)46(64)58-44(52(3,4)5)50(68)60-26-16-22-36(60)48(66)56-42-34-20-13-11-18-32(34)28-38(42)70-40(62)24-15-25-41(63)71-39-29-33-19-12-14-21-35(33)43(39)57-49(67)37-23-17-27-61(37)51(69)45(53(6,7)8)59-47(65)31(2)55-10/h11-14,18-21,30-31,36-39,42-45,54-55H,15-17,22-29H2,1-10H3,(H,56,66)(H,57,67)(H,58,64)(H,59,65)/t30-,31-,36?,37?,38-,39-,42-,43-,44+,45+/m0/s1. The number of likely N-dealkylation sites (N-methyl/N-ethyl adjacent to an activating group) is 2. The minimum absolute atomic E-state index is 0.0971. The van der Waals surface area contributed by atoms with E-state index in [9.17, 15) is 38.4 Å². The van der Waals surface area contributed by atoms with Crippen molar-refractivity contribution in [2.75, 3.05) is 27.2 Å². The van der Waals surface area contributed by atoms with Crippen molar-refractivity contribution in [3.05, 3.63) is 70.8 Å². The summed E-state index contributed by atoms with van der Waals surface area (Å²) in [5.74, 6) is -3.17. The summed E-state index contributed by atoms with van der Waals surface area (Å²) < 4.78 is 12.1. The van der Waals surface area contributed by atoms with Gasteiger partial charge in [-0.05, 0) is 93.1 Å². The van der Waals surface area contributed by atoms with E-state index in [0.717, 1.165) is 22.3 Å². The molecule has 0 spiro atoms. The van der Waals surface area contributed by atoms with Crippen LogP contribution in [0.2, 0.25) is 0 Å². The zero-order valence-corrected chi connectivity index (χ0v) is 43.1. The van der Waals surface area contributed by atoms with Gasteiger partial charge >= 0.3 is 11.9 Å². The van der Waals surface area contributed by atoms with Crippen molar-refractivity contribution in [3.8, 4) is 0 Å². The van der Waals surface area contributed by atoms with Crippen LogP contribution in [0.25, 0.3) is 0 Å². The first-order valence-corrected chi connectivity index (χ1v) is 25.3. The lowest BCUT2D eigenvalue weighted by molar-refractivity contribution is -0.153. The van der Waals surface area contributed by atoms with Gasteiger partial charge in [-0.3, -0.25) is 38.4 Å². The molecule has 6 amide bonds. The molecular weight excluding hydrogens is 909 g/mol. The van der Waals surface area contributed by atoms with Crippen molar-refractivity contribution in [1.29, 1.82) is 0 Å². The van der Waals surface area contributed by atoms with Crippen LogP contribution in [0, 0.1) is 10.8 Å². The molecule has 2 aliphatic heterocycles. The number of hydrogen-bond donors (Lipinski definition) is 6. The number of esters is 2. The first kappa shape index (κ1) is 54.5. The van der Waals surface area contributed by atoms with Crippen LogP contribution in [0.5, 0.6) is 0 Å². The van der Waals surface area contributed by atoms with Crippen molar-refractivity contribution in [1.82, 2.24) is 41.7 Å². The lowest BCUT2D eigenvalue weighted by Gasteiger charge is -2.36. The van der Waals surface area contributed by atoms with Gasteiger partial charge in [-0.15, -0.1) is 0 Å². The highest BCUT2D eigenvalue weighted by atomic mass is 16.5. The van der Waals surface area contributed by atoms with Gasteiger partial charge in [0.1, 0.15) is 36.4 Å². The molecule has 18 nitrogen and oxygen atoms in total. The van der Waals surface area contributed by atoms with Crippen LogP contribution < -0.4 is 31.9 Å². The summed E-state index contributed by atoms with van der Waals surface area (Å²) in [7, 11) is 3.33. The van der Waals surface area contributed by atoms with Crippen molar-refractivity contribution >= 4 is 47.4 Å². The molecular formula is C53H76N8O10. The fourth-order valence-electron chi connectivity index (χ4n) is 10.0. The molecule has 0 bridgehead atoms. The lowest BCUT2D eigenvalue weighted by Crippen LogP contribution is -2.59. The van der Waals surface area contributed by atoms with Crippen LogP contribution in [0.3, 0.4) is 0 Å². The quantitative estimate of drug-likeness (QED) is 0.118. The first-order valence-electron chi connectivity index (χ1n) is 25.3. The van der Waals surface area contributed by atoms with Gasteiger partial charge in [-0.2, -0.15) is 0 Å². The number of carbonyl (C=O) groups is 8. The molecule has 2 fully saturated rings. The molecule has 388 valence electrons. The average molecular weight is 985 g/mol. The van der Waals surface area contributed by atoms with Gasteiger partial charge in [0.05, 0.1) is 24.2 Å². The van der Waals surface area contributed by atoms with Crippen LogP contribution in [0.4, 0.5) is 0 Å². The van der Waals surface area contributed by atoms with Crippen LogP contribution in [-0.2, 0) is 60.7 Å². The maximum Gasteiger partial charge on any atom is 0.306 e.